The first-order chi connectivity index (χ1) is 7.98. The molecule has 0 bridgehead atoms. The van der Waals surface area contributed by atoms with Crippen molar-refractivity contribution in [2.45, 2.75) is 43.7 Å². The summed E-state index contributed by atoms with van der Waals surface area (Å²) >= 11 is 11.9. The van der Waals surface area contributed by atoms with Crippen LogP contribution in [0, 0.1) is 0 Å². The van der Waals surface area contributed by atoms with E-state index in [1.165, 1.54) is 0 Å². The molecule has 2 rings (SSSR count). The van der Waals surface area contributed by atoms with Crippen LogP contribution in [0.15, 0.2) is 18.2 Å². The van der Waals surface area contributed by atoms with Crippen molar-refractivity contribution in [3.8, 4) is 0 Å². The summed E-state index contributed by atoms with van der Waals surface area (Å²) in [5.41, 5.74) is 13.3. The Labute approximate surface area is 137 Å². The van der Waals surface area contributed by atoms with Crippen molar-refractivity contribution in [1.29, 1.82) is 0 Å². The summed E-state index contributed by atoms with van der Waals surface area (Å²) in [6.45, 7) is 0. The minimum Gasteiger partial charge on any atom is -0.328 e. The van der Waals surface area contributed by atoms with Crippen LogP contribution in [0.4, 0.5) is 0 Å². The summed E-state index contributed by atoms with van der Waals surface area (Å²) < 4.78 is 0. The maximum absolute atomic E-state index is 6.41. The van der Waals surface area contributed by atoms with Crippen LogP contribution in [-0.4, -0.2) is 11.6 Å². The Balaban J connectivity index is 0.00000162. The average Bonchev–Trinajstić information content (AvgIpc) is 2.28. The van der Waals surface area contributed by atoms with Gasteiger partial charge in [-0.3, -0.25) is 0 Å². The maximum atomic E-state index is 6.41. The molecule has 4 N–H and O–H groups in total. The Morgan fingerprint density at radius 1 is 1.11 bits per heavy atom. The molecule has 0 amide bonds. The van der Waals surface area contributed by atoms with Gasteiger partial charge in [0.1, 0.15) is 0 Å². The molecule has 0 unspecified atom stereocenters. The van der Waals surface area contributed by atoms with Gasteiger partial charge in [-0.05, 0) is 49.8 Å². The zero-order chi connectivity index (χ0) is 12.5. The molecule has 2 nitrogen and oxygen atoms in total. The van der Waals surface area contributed by atoms with Crippen molar-refractivity contribution in [3.63, 3.8) is 0 Å². The second kappa shape index (κ2) is 7.92. The maximum Gasteiger partial charge on any atom is 0.0595 e. The molecule has 110 valence electrons. The number of hydrogen-bond donors (Lipinski definition) is 2. The molecule has 1 saturated carbocycles. The minimum absolute atomic E-state index is 0. The Bertz CT molecular complexity index is 404. The molecule has 0 atom stereocenters. The second-order valence-corrected chi connectivity index (χ2v) is 5.94. The second-order valence-electron chi connectivity index (χ2n) is 5.13. The number of benzene rings is 1. The minimum atomic E-state index is -0.132. The smallest absolute Gasteiger partial charge is 0.0595 e. The van der Waals surface area contributed by atoms with Crippen LogP contribution < -0.4 is 11.5 Å². The monoisotopic (exact) mass is 344 g/mol. The van der Waals surface area contributed by atoms with Crippen molar-refractivity contribution in [2.24, 2.45) is 11.5 Å². The van der Waals surface area contributed by atoms with Gasteiger partial charge in [0.05, 0.1) is 10.0 Å². The molecular weight excluding hydrogens is 326 g/mol. The number of hydrogen-bond acceptors (Lipinski definition) is 2. The van der Waals surface area contributed by atoms with Gasteiger partial charge in [-0.15, -0.1) is 24.8 Å². The lowest BCUT2D eigenvalue weighted by Crippen LogP contribution is -2.47. The van der Waals surface area contributed by atoms with Crippen molar-refractivity contribution in [2.75, 3.05) is 0 Å². The van der Waals surface area contributed by atoms with E-state index in [1.54, 1.807) is 0 Å². The molecule has 1 aliphatic rings. The van der Waals surface area contributed by atoms with Gasteiger partial charge in [0, 0.05) is 11.6 Å². The molecule has 6 heteroatoms. The Morgan fingerprint density at radius 3 is 2.21 bits per heavy atom. The first kappa shape index (κ1) is 19.3. The fourth-order valence-corrected chi connectivity index (χ4v) is 2.77. The Morgan fingerprint density at radius 2 is 1.68 bits per heavy atom. The normalized spacial score (nSPS) is 26.2. The highest BCUT2D eigenvalue weighted by Gasteiger charge is 2.30. The third-order valence-electron chi connectivity index (χ3n) is 3.57. The number of halogens is 4. The van der Waals surface area contributed by atoms with Crippen LogP contribution in [0.3, 0.4) is 0 Å². The van der Waals surface area contributed by atoms with E-state index in [0.29, 0.717) is 16.1 Å². The molecular formula is C13H20Cl4N2. The lowest BCUT2D eigenvalue weighted by Gasteiger charge is -2.36. The van der Waals surface area contributed by atoms with Gasteiger partial charge in [0.25, 0.3) is 0 Å². The van der Waals surface area contributed by atoms with Crippen LogP contribution in [0.2, 0.25) is 10.0 Å². The van der Waals surface area contributed by atoms with Crippen molar-refractivity contribution >= 4 is 48.0 Å². The van der Waals surface area contributed by atoms with E-state index in [4.69, 9.17) is 34.7 Å². The highest BCUT2D eigenvalue weighted by molar-refractivity contribution is 6.42. The summed E-state index contributed by atoms with van der Waals surface area (Å²) in [4.78, 5) is 0. The van der Waals surface area contributed by atoms with E-state index < -0.39 is 0 Å². The highest BCUT2D eigenvalue weighted by Crippen LogP contribution is 2.30. The van der Waals surface area contributed by atoms with Crippen LogP contribution in [0.25, 0.3) is 0 Å². The van der Waals surface area contributed by atoms with Gasteiger partial charge in [-0.1, -0.05) is 29.3 Å². The average molecular weight is 346 g/mol. The molecule has 1 fully saturated rings. The third-order valence-corrected chi connectivity index (χ3v) is 4.31. The van der Waals surface area contributed by atoms with Gasteiger partial charge in [-0.2, -0.15) is 0 Å². The van der Waals surface area contributed by atoms with Gasteiger partial charge >= 0.3 is 0 Å². The van der Waals surface area contributed by atoms with Crippen LogP contribution >= 0.6 is 48.0 Å². The highest BCUT2D eigenvalue weighted by atomic mass is 35.5. The summed E-state index contributed by atoms with van der Waals surface area (Å²) in [7, 11) is 0. The van der Waals surface area contributed by atoms with Gasteiger partial charge < -0.3 is 11.5 Å². The molecule has 0 aliphatic heterocycles. The molecule has 0 saturated heterocycles. The van der Waals surface area contributed by atoms with Gasteiger partial charge in [-0.25, -0.2) is 0 Å². The molecule has 0 radical (unpaired) electrons. The fourth-order valence-electron chi connectivity index (χ4n) is 2.45. The van der Waals surface area contributed by atoms with E-state index in [1.807, 2.05) is 18.2 Å². The lowest BCUT2D eigenvalue weighted by molar-refractivity contribution is 0.271. The van der Waals surface area contributed by atoms with Crippen LogP contribution in [0.1, 0.15) is 31.2 Å². The van der Waals surface area contributed by atoms with E-state index in [0.717, 1.165) is 37.7 Å². The molecule has 0 heterocycles. The standard InChI is InChI=1S/C13H18Cl2N2.2ClH/c14-11-2-1-9(7-12(11)15)8-13(17)5-3-10(16)4-6-13;;/h1-2,7,10H,3-6,8,16-17H2;2*1H. The van der Waals surface area contributed by atoms with Crippen molar-refractivity contribution in [3.05, 3.63) is 33.8 Å². The lowest BCUT2D eigenvalue weighted by atomic mass is 9.77. The zero-order valence-corrected chi connectivity index (χ0v) is 13.7. The van der Waals surface area contributed by atoms with E-state index >= 15 is 0 Å². The van der Waals surface area contributed by atoms with Gasteiger partial charge in [0.2, 0.25) is 0 Å². The summed E-state index contributed by atoms with van der Waals surface area (Å²) in [6, 6.07) is 6.06. The Hall–Kier alpha value is 0.300. The van der Waals surface area contributed by atoms with E-state index in [9.17, 15) is 0 Å². The molecule has 1 aromatic carbocycles. The molecule has 19 heavy (non-hydrogen) atoms. The predicted octanol–water partition coefficient (Wildman–Crippen LogP) is 3.98. The summed E-state index contributed by atoms with van der Waals surface area (Å²) in [5, 5.41) is 1.19. The topological polar surface area (TPSA) is 52.0 Å². The fraction of sp³-hybridized carbons (Fsp3) is 0.538. The van der Waals surface area contributed by atoms with Crippen LogP contribution in [0.5, 0.6) is 0 Å². The largest absolute Gasteiger partial charge is 0.328 e. The molecule has 0 spiro atoms. The quantitative estimate of drug-likeness (QED) is 0.851. The van der Waals surface area contributed by atoms with E-state index in [2.05, 4.69) is 0 Å². The van der Waals surface area contributed by atoms with Crippen molar-refractivity contribution in [1.82, 2.24) is 0 Å². The summed E-state index contributed by atoms with van der Waals surface area (Å²) in [5.74, 6) is 0. The molecule has 1 aromatic rings. The summed E-state index contributed by atoms with van der Waals surface area (Å²) in [6.07, 6.45) is 4.83. The number of nitrogens with two attached hydrogens (primary N) is 2. The predicted molar refractivity (Wildman–Crippen MR) is 88.0 cm³/mol. The molecule has 0 aromatic heterocycles. The first-order valence-corrected chi connectivity index (χ1v) is 6.72. The number of rotatable bonds is 2. The third kappa shape index (κ3) is 5.30. The van der Waals surface area contributed by atoms with E-state index in [-0.39, 0.29) is 30.4 Å². The SMILES string of the molecule is Cl.Cl.NC1CCC(N)(Cc2ccc(Cl)c(Cl)c2)CC1. The van der Waals surface area contributed by atoms with Crippen LogP contribution in [-0.2, 0) is 6.42 Å². The molecule has 1 aliphatic carbocycles. The Kier molecular flexibility index (Phi) is 8.04. The first-order valence-electron chi connectivity index (χ1n) is 5.97. The van der Waals surface area contributed by atoms with Crippen molar-refractivity contribution < 1.29 is 0 Å². The van der Waals surface area contributed by atoms with Gasteiger partial charge in [0.15, 0.2) is 0 Å². The zero-order valence-electron chi connectivity index (χ0n) is 10.6.